The van der Waals surface area contributed by atoms with E-state index in [4.69, 9.17) is 9.47 Å². The molecule has 9 nitrogen and oxygen atoms in total. The summed E-state index contributed by atoms with van der Waals surface area (Å²) in [4.78, 5) is 31.8. The normalized spacial score (nSPS) is 14.0. The van der Waals surface area contributed by atoms with Crippen LogP contribution in [0.1, 0.15) is 30.6 Å². The Balaban J connectivity index is 1.37. The molecule has 0 radical (unpaired) electrons. The monoisotopic (exact) mass is 549 g/mol. The quantitative estimate of drug-likeness (QED) is 0.376. The van der Waals surface area contributed by atoms with Gasteiger partial charge in [0.15, 0.2) is 5.82 Å². The Morgan fingerprint density at radius 2 is 1.70 bits per heavy atom. The number of carbonyl (C=O) groups is 2. The van der Waals surface area contributed by atoms with Crippen LogP contribution in [0.2, 0.25) is 0 Å². The maximum absolute atomic E-state index is 13.4. The number of halogens is 1. The van der Waals surface area contributed by atoms with E-state index in [0.29, 0.717) is 55.5 Å². The second kappa shape index (κ2) is 13.2. The van der Waals surface area contributed by atoms with Gasteiger partial charge in [0.05, 0.1) is 19.9 Å². The molecule has 0 N–H and O–H groups in total. The zero-order valence-corrected chi connectivity index (χ0v) is 23.5. The van der Waals surface area contributed by atoms with Gasteiger partial charge in [-0.2, -0.15) is 0 Å². The first-order valence-electron chi connectivity index (χ1n) is 13.5. The Labute approximate surface area is 234 Å². The van der Waals surface area contributed by atoms with E-state index in [1.165, 1.54) is 24.3 Å². The lowest BCUT2D eigenvalue weighted by atomic mass is 10.1. The summed E-state index contributed by atoms with van der Waals surface area (Å²) >= 11 is 0. The number of ether oxygens (including phenoxy) is 2. The molecule has 40 heavy (non-hydrogen) atoms. The highest BCUT2D eigenvalue weighted by molar-refractivity contribution is 5.96. The van der Waals surface area contributed by atoms with Crippen LogP contribution in [0, 0.1) is 11.7 Å². The minimum absolute atomic E-state index is 0.0151. The van der Waals surface area contributed by atoms with E-state index in [2.05, 4.69) is 22.0 Å². The van der Waals surface area contributed by atoms with Crippen molar-refractivity contribution in [2.75, 3.05) is 58.4 Å². The van der Waals surface area contributed by atoms with Gasteiger partial charge in [-0.25, -0.2) is 4.39 Å². The van der Waals surface area contributed by atoms with Gasteiger partial charge in [-0.1, -0.05) is 20.3 Å². The molecule has 0 aliphatic carbocycles. The van der Waals surface area contributed by atoms with E-state index >= 15 is 0 Å². The van der Waals surface area contributed by atoms with Crippen molar-refractivity contribution in [3.63, 3.8) is 0 Å². The van der Waals surface area contributed by atoms with E-state index in [1.54, 1.807) is 30.1 Å². The maximum Gasteiger partial charge on any atom is 0.254 e. The Hall–Kier alpha value is -4.21. The lowest BCUT2D eigenvalue weighted by Gasteiger charge is -2.36. The molecule has 0 spiro atoms. The van der Waals surface area contributed by atoms with Gasteiger partial charge in [-0.05, 0) is 54.4 Å². The molecule has 4 rings (SSSR count). The average molecular weight is 550 g/mol. The molecule has 1 aliphatic rings. The van der Waals surface area contributed by atoms with Gasteiger partial charge >= 0.3 is 0 Å². The Kier molecular flexibility index (Phi) is 9.52. The molecule has 1 fully saturated rings. The second-order valence-corrected chi connectivity index (χ2v) is 9.92. The molecule has 3 aromatic rings. The summed E-state index contributed by atoms with van der Waals surface area (Å²) in [6.07, 6.45) is 0.880. The van der Waals surface area contributed by atoms with Gasteiger partial charge in [0.2, 0.25) is 5.91 Å². The number of carbonyl (C=O) groups excluding carboxylic acids is 2. The second-order valence-electron chi connectivity index (χ2n) is 9.92. The Bertz CT molecular complexity index is 1290. The van der Waals surface area contributed by atoms with E-state index in [-0.39, 0.29) is 24.3 Å². The van der Waals surface area contributed by atoms with E-state index < -0.39 is 5.82 Å². The molecule has 1 aliphatic heterocycles. The summed E-state index contributed by atoms with van der Waals surface area (Å²) in [5, 5.41) is 8.84. The first-order valence-corrected chi connectivity index (χ1v) is 13.5. The van der Waals surface area contributed by atoms with Crippen LogP contribution in [0.5, 0.6) is 11.5 Å². The third-order valence-corrected chi connectivity index (χ3v) is 7.22. The molecular weight excluding hydrogens is 513 g/mol. The van der Waals surface area contributed by atoms with Crippen molar-refractivity contribution in [2.24, 2.45) is 5.92 Å². The third-order valence-electron chi connectivity index (χ3n) is 7.22. The van der Waals surface area contributed by atoms with Crippen molar-refractivity contribution >= 4 is 17.6 Å². The Morgan fingerprint density at radius 3 is 2.30 bits per heavy atom. The van der Waals surface area contributed by atoms with E-state index in [0.717, 1.165) is 17.8 Å². The van der Waals surface area contributed by atoms with Crippen LogP contribution >= 0.6 is 0 Å². The van der Waals surface area contributed by atoms with E-state index in [9.17, 15) is 14.0 Å². The molecular formula is C30H36FN5O4. The van der Waals surface area contributed by atoms with Crippen LogP contribution in [0.15, 0.2) is 54.6 Å². The van der Waals surface area contributed by atoms with Crippen molar-refractivity contribution in [1.82, 2.24) is 20.0 Å². The fourth-order valence-corrected chi connectivity index (χ4v) is 4.60. The highest BCUT2D eigenvalue weighted by Gasteiger charge is 2.27. The van der Waals surface area contributed by atoms with Crippen molar-refractivity contribution in [3.05, 3.63) is 66.0 Å². The predicted molar refractivity (Wildman–Crippen MR) is 151 cm³/mol. The molecule has 2 heterocycles. The number of benzene rings is 2. The van der Waals surface area contributed by atoms with Gasteiger partial charge in [0.25, 0.3) is 5.91 Å². The van der Waals surface area contributed by atoms with Gasteiger partial charge < -0.3 is 24.2 Å². The summed E-state index contributed by atoms with van der Waals surface area (Å²) in [5.74, 6) is 1.53. The number of anilines is 1. The number of amides is 2. The summed E-state index contributed by atoms with van der Waals surface area (Å²) in [6, 6.07) is 14.8. The number of aromatic nitrogens is 2. The molecule has 10 heteroatoms. The summed E-state index contributed by atoms with van der Waals surface area (Å²) < 4.78 is 24.1. The van der Waals surface area contributed by atoms with Gasteiger partial charge in [0.1, 0.15) is 23.9 Å². The molecule has 2 aromatic carbocycles. The first kappa shape index (κ1) is 28.8. The molecule has 0 saturated carbocycles. The first-order chi connectivity index (χ1) is 19.3. The summed E-state index contributed by atoms with van der Waals surface area (Å²) in [7, 11) is 3.20. The highest BCUT2D eigenvalue weighted by atomic mass is 19.1. The molecule has 0 unspecified atom stereocenters. The highest BCUT2D eigenvalue weighted by Crippen LogP contribution is 2.32. The lowest BCUT2D eigenvalue weighted by Crippen LogP contribution is -2.52. The van der Waals surface area contributed by atoms with Crippen molar-refractivity contribution < 1.29 is 23.5 Å². The van der Waals surface area contributed by atoms with Crippen LogP contribution in [0.4, 0.5) is 10.2 Å². The number of nitrogens with zero attached hydrogens (tertiary/aromatic N) is 5. The van der Waals surface area contributed by atoms with Gasteiger partial charge in [0, 0.05) is 49.9 Å². The van der Waals surface area contributed by atoms with Crippen molar-refractivity contribution in [1.29, 1.82) is 0 Å². The van der Waals surface area contributed by atoms with E-state index in [1.807, 2.05) is 31.2 Å². The molecule has 0 bridgehead atoms. The smallest absolute Gasteiger partial charge is 0.254 e. The number of methoxy groups -OCH3 is 2. The molecule has 1 atom stereocenters. The van der Waals surface area contributed by atoms with Crippen LogP contribution in [0.25, 0.3) is 11.3 Å². The lowest BCUT2D eigenvalue weighted by molar-refractivity contribution is -0.132. The SMILES string of the molecule is CC[C@H](C)CN(CC(=O)N1CCN(c2ccc(-c3ccc(OC)cc3OC)nn2)CC1)C(=O)c1ccc(F)cc1. The van der Waals surface area contributed by atoms with Gasteiger partial charge in [-0.15, -0.1) is 10.2 Å². The van der Waals surface area contributed by atoms with Crippen molar-refractivity contribution in [2.45, 2.75) is 20.3 Å². The number of piperazine rings is 1. The number of rotatable bonds is 10. The minimum atomic E-state index is -0.404. The maximum atomic E-state index is 13.4. The molecule has 1 saturated heterocycles. The minimum Gasteiger partial charge on any atom is -0.497 e. The average Bonchev–Trinajstić information content (AvgIpc) is 3.00. The number of hydrogen-bond acceptors (Lipinski definition) is 7. The van der Waals surface area contributed by atoms with Crippen LogP contribution < -0.4 is 14.4 Å². The fourth-order valence-electron chi connectivity index (χ4n) is 4.60. The van der Waals surface area contributed by atoms with Crippen LogP contribution in [-0.2, 0) is 4.79 Å². The number of hydrogen-bond donors (Lipinski definition) is 0. The van der Waals surface area contributed by atoms with Crippen LogP contribution in [-0.4, -0.2) is 85.3 Å². The zero-order valence-electron chi connectivity index (χ0n) is 23.5. The fraction of sp³-hybridized carbons (Fsp3) is 0.400. The molecule has 212 valence electrons. The Morgan fingerprint density at radius 1 is 0.975 bits per heavy atom. The summed E-state index contributed by atoms with van der Waals surface area (Å²) in [6.45, 7) is 6.76. The predicted octanol–water partition coefficient (Wildman–Crippen LogP) is 4.14. The molecule has 1 aromatic heterocycles. The van der Waals surface area contributed by atoms with Gasteiger partial charge in [-0.3, -0.25) is 9.59 Å². The third kappa shape index (κ3) is 6.86. The van der Waals surface area contributed by atoms with Crippen molar-refractivity contribution in [3.8, 4) is 22.8 Å². The van der Waals surface area contributed by atoms with Crippen LogP contribution in [0.3, 0.4) is 0 Å². The molecule has 2 amide bonds. The topological polar surface area (TPSA) is 88.1 Å². The summed E-state index contributed by atoms with van der Waals surface area (Å²) in [5.41, 5.74) is 1.87. The zero-order chi connectivity index (χ0) is 28.6. The largest absolute Gasteiger partial charge is 0.497 e. The standard InChI is InChI=1S/C30H36FN5O4/c1-5-21(2)19-36(30(38)22-6-8-23(31)9-7-22)20-29(37)35-16-14-34(15-17-35)28-13-12-26(32-33-28)25-11-10-24(39-3)18-27(25)40-4/h6-13,18,21H,5,14-17,19-20H2,1-4H3/t21-/m0/s1.